The van der Waals surface area contributed by atoms with E-state index in [1.54, 1.807) is 7.11 Å². The summed E-state index contributed by atoms with van der Waals surface area (Å²) in [5.41, 5.74) is 0. The normalized spacial score (nSPS) is 9.86. The van der Waals surface area contributed by atoms with Gasteiger partial charge in [0.25, 0.3) is 0 Å². The molecule has 0 atom stereocenters. The maximum absolute atomic E-state index is 5.42. The molecular formula is C10H16N2O2. The molecule has 78 valence electrons. The molecule has 1 N–H and O–H groups in total. The fraction of sp³-hybridized carbons (Fsp3) is 0.500. The van der Waals surface area contributed by atoms with Crippen molar-refractivity contribution in [2.45, 2.75) is 6.42 Å². The lowest BCUT2D eigenvalue weighted by Crippen LogP contribution is -2.03. The number of rotatable bonds is 6. The number of nitrogens with one attached hydrogen (secondary N) is 1. The second kappa shape index (κ2) is 6.21. The molecule has 0 aromatic carbocycles. The van der Waals surface area contributed by atoms with Crippen LogP contribution in [0.3, 0.4) is 0 Å². The van der Waals surface area contributed by atoms with Gasteiger partial charge in [0, 0.05) is 33.3 Å². The molecule has 0 fully saturated rings. The lowest BCUT2D eigenvalue weighted by molar-refractivity contribution is 0.170. The number of anilines is 1. The quantitative estimate of drug-likeness (QED) is 0.701. The zero-order chi connectivity index (χ0) is 10.2. The van der Waals surface area contributed by atoms with Gasteiger partial charge in [-0.15, -0.1) is 0 Å². The Morgan fingerprint density at radius 3 is 2.93 bits per heavy atom. The maximum atomic E-state index is 5.42. The van der Waals surface area contributed by atoms with Crippen molar-refractivity contribution in [3.8, 4) is 5.88 Å². The second-order valence-corrected chi connectivity index (χ2v) is 2.81. The number of aromatic nitrogens is 1. The molecule has 0 bridgehead atoms. The monoisotopic (exact) mass is 196 g/mol. The summed E-state index contributed by atoms with van der Waals surface area (Å²) in [5, 5.41) is 2.95. The van der Waals surface area contributed by atoms with Crippen LogP contribution in [0.4, 0.5) is 5.82 Å². The van der Waals surface area contributed by atoms with Gasteiger partial charge in [0.2, 0.25) is 5.88 Å². The highest BCUT2D eigenvalue weighted by Gasteiger charge is 1.96. The largest absolute Gasteiger partial charge is 0.478 e. The first-order chi connectivity index (χ1) is 6.86. The van der Waals surface area contributed by atoms with Crippen LogP contribution < -0.4 is 10.1 Å². The Morgan fingerprint density at radius 1 is 1.36 bits per heavy atom. The van der Waals surface area contributed by atoms with Gasteiger partial charge in [-0.3, -0.25) is 0 Å². The van der Waals surface area contributed by atoms with E-state index < -0.39 is 0 Å². The fourth-order valence-electron chi connectivity index (χ4n) is 1.01. The smallest absolute Gasteiger partial charge is 0.215 e. The Kier molecular flexibility index (Phi) is 4.78. The van der Waals surface area contributed by atoms with Crippen LogP contribution in [-0.2, 0) is 4.74 Å². The van der Waals surface area contributed by atoms with Crippen molar-refractivity contribution >= 4 is 5.82 Å². The number of ether oxygens (including phenoxy) is 2. The molecule has 1 heterocycles. The Labute approximate surface area is 84.3 Å². The summed E-state index contributed by atoms with van der Waals surface area (Å²) in [5.74, 6) is 1.46. The van der Waals surface area contributed by atoms with E-state index in [9.17, 15) is 0 Å². The van der Waals surface area contributed by atoms with Gasteiger partial charge in [0.05, 0.1) is 6.61 Å². The summed E-state index contributed by atoms with van der Waals surface area (Å²) in [7, 11) is 3.51. The number of nitrogens with zero attached hydrogens (tertiary/aromatic N) is 1. The van der Waals surface area contributed by atoms with Crippen molar-refractivity contribution in [1.82, 2.24) is 4.98 Å². The molecule has 0 aliphatic rings. The van der Waals surface area contributed by atoms with E-state index in [0.717, 1.165) is 12.2 Å². The van der Waals surface area contributed by atoms with Crippen LogP contribution in [0.2, 0.25) is 0 Å². The summed E-state index contributed by atoms with van der Waals surface area (Å²) >= 11 is 0. The van der Waals surface area contributed by atoms with Gasteiger partial charge < -0.3 is 14.8 Å². The van der Waals surface area contributed by atoms with E-state index in [1.807, 2.05) is 25.2 Å². The molecule has 4 heteroatoms. The second-order valence-electron chi connectivity index (χ2n) is 2.81. The van der Waals surface area contributed by atoms with Crippen molar-refractivity contribution in [1.29, 1.82) is 0 Å². The van der Waals surface area contributed by atoms with Gasteiger partial charge in [0.1, 0.15) is 5.82 Å². The summed E-state index contributed by atoms with van der Waals surface area (Å²) in [6.45, 7) is 1.35. The zero-order valence-electron chi connectivity index (χ0n) is 8.62. The van der Waals surface area contributed by atoms with Crippen LogP contribution >= 0.6 is 0 Å². The topological polar surface area (TPSA) is 43.4 Å². The highest BCUT2D eigenvalue weighted by atomic mass is 16.5. The standard InChI is InChI=1S/C10H16N2O2/c1-11-9-5-3-6-10(12-9)14-8-4-7-13-2/h3,5-6H,4,7-8H2,1-2H3,(H,11,12). The number of methoxy groups -OCH3 is 1. The predicted molar refractivity (Wildman–Crippen MR) is 55.8 cm³/mol. The molecule has 0 aliphatic carbocycles. The van der Waals surface area contributed by atoms with Crippen LogP contribution in [-0.4, -0.2) is 32.4 Å². The lowest BCUT2D eigenvalue weighted by Gasteiger charge is -2.05. The zero-order valence-corrected chi connectivity index (χ0v) is 8.62. The third-order valence-electron chi connectivity index (χ3n) is 1.72. The third kappa shape index (κ3) is 3.62. The Bertz CT molecular complexity index is 266. The summed E-state index contributed by atoms with van der Waals surface area (Å²) in [6.07, 6.45) is 0.877. The van der Waals surface area contributed by atoms with Crippen molar-refractivity contribution in [2.24, 2.45) is 0 Å². The van der Waals surface area contributed by atoms with Crippen molar-refractivity contribution in [3.63, 3.8) is 0 Å². The molecule has 0 saturated heterocycles. The minimum atomic E-state index is 0.633. The number of pyridine rings is 1. The Morgan fingerprint density at radius 2 is 2.21 bits per heavy atom. The number of hydrogen-bond acceptors (Lipinski definition) is 4. The molecule has 0 saturated carbocycles. The molecule has 1 aromatic rings. The minimum Gasteiger partial charge on any atom is -0.478 e. The fourth-order valence-corrected chi connectivity index (χ4v) is 1.01. The van der Waals surface area contributed by atoms with E-state index in [2.05, 4.69) is 10.3 Å². The van der Waals surface area contributed by atoms with Gasteiger partial charge in [-0.25, -0.2) is 0 Å². The molecule has 0 unspecified atom stereocenters. The molecule has 4 nitrogen and oxygen atoms in total. The van der Waals surface area contributed by atoms with Gasteiger partial charge >= 0.3 is 0 Å². The first-order valence-electron chi connectivity index (χ1n) is 4.63. The average Bonchev–Trinajstić information content (AvgIpc) is 2.25. The van der Waals surface area contributed by atoms with E-state index in [0.29, 0.717) is 19.1 Å². The summed E-state index contributed by atoms with van der Waals surface area (Å²) in [4.78, 5) is 4.21. The van der Waals surface area contributed by atoms with Crippen molar-refractivity contribution < 1.29 is 9.47 Å². The van der Waals surface area contributed by atoms with Crippen molar-refractivity contribution in [3.05, 3.63) is 18.2 Å². The maximum Gasteiger partial charge on any atom is 0.215 e. The summed E-state index contributed by atoms with van der Waals surface area (Å²) in [6, 6.07) is 5.64. The highest BCUT2D eigenvalue weighted by Crippen LogP contribution is 2.10. The molecule has 0 spiro atoms. The first-order valence-corrected chi connectivity index (χ1v) is 4.63. The van der Waals surface area contributed by atoms with Gasteiger partial charge in [-0.2, -0.15) is 4.98 Å². The third-order valence-corrected chi connectivity index (χ3v) is 1.72. The molecule has 14 heavy (non-hydrogen) atoms. The predicted octanol–water partition coefficient (Wildman–Crippen LogP) is 1.54. The van der Waals surface area contributed by atoms with Gasteiger partial charge in [-0.1, -0.05) is 6.07 Å². The molecular weight excluding hydrogens is 180 g/mol. The van der Waals surface area contributed by atoms with Crippen LogP contribution in [0.25, 0.3) is 0 Å². The van der Waals surface area contributed by atoms with Gasteiger partial charge in [-0.05, 0) is 6.07 Å². The molecule has 1 rings (SSSR count). The van der Waals surface area contributed by atoms with Gasteiger partial charge in [0.15, 0.2) is 0 Å². The average molecular weight is 196 g/mol. The highest BCUT2D eigenvalue weighted by molar-refractivity contribution is 5.35. The molecule has 0 amide bonds. The summed E-state index contributed by atoms with van der Waals surface area (Å²) < 4.78 is 10.3. The minimum absolute atomic E-state index is 0.633. The molecule has 1 aromatic heterocycles. The van der Waals surface area contributed by atoms with Crippen LogP contribution in [0.1, 0.15) is 6.42 Å². The molecule has 0 radical (unpaired) electrons. The lowest BCUT2D eigenvalue weighted by atomic mass is 10.4. The Balaban J connectivity index is 2.34. The number of hydrogen-bond donors (Lipinski definition) is 1. The van der Waals surface area contributed by atoms with E-state index >= 15 is 0 Å². The molecule has 0 aliphatic heterocycles. The van der Waals surface area contributed by atoms with Crippen LogP contribution in [0, 0.1) is 0 Å². The first kappa shape index (κ1) is 10.8. The SMILES string of the molecule is CNc1cccc(OCCCOC)n1. The van der Waals surface area contributed by atoms with E-state index in [-0.39, 0.29) is 0 Å². The van der Waals surface area contributed by atoms with E-state index in [4.69, 9.17) is 9.47 Å². The van der Waals surface area contributed by atoms with Crippen molar-refractivity contribution in [2.75, 3.05) is 32.7 Å². The Hall–Kier alpha value is -1.29. The van der Waals surface area contributed by atoms with E-state index in [1.165, 1.54) is 0 Å². The van der Waals surface area contributed by atoms with Crippen LogP contribution in [0.15, 0.2) is 18.2 Å². The van der Waals surface area contributed by atoms with Crippen LogP contribution in [0.5, 0.6) is 5.88 Å².